The number of nitrogens with zero attached hydrogens (tertiary/aromatic N) is 3. The molecule has 0 aromatic carbocycles. The van der Waals surface area contributed by atoms with Crippen LogP contribution in [0.2, 0.25) is 0 Å². The molecule has 0 aliphatic carbocycles. The predicted octanol–water partition coefficient (Wildman–Crippen LogP) is 2.50. The fourth-order valence-electron chi connectivity index (χ4n) is 1.96. The highest BCUT2D eigenvalue weighted by molar-refractivity contribution is 7.22. The Labute approximate surface area is 131 Å². The minimum atomic E-state index is -0.296. The zero-order valence-electron chi connectivity index (χ0n) is 12.7. The standard InChI is InChI=1S/C14H18N6OS/c1-14(2,21-3)7-16-12-11-9(18-13(15)19-12)6-10(22-11)8-4-5-17-20-8/h4-6H,7H2,1-3H3,(H,17,20)(H3,15,16,18,19). The first-order valence-corrected chi connectivity index (χ1v) is 7.66. The molecule has 0 radical (unpaired) electrons. The van der Waals surface area contributed by atoms with Crippen molar-refractivity contribution in [2.45, 2.75) is 19.4 Å². The molecular formula is C14H18N6OS. The van der Waals surface area contributed by atoms with Gasteiger partial charge in [0.2, 0.25) is 5.95 Å². The molecule has 8 heteroatoms. The molecule has 3 aromatic rings. The summed E-state index contributed by atoms with van der Waals surface area (Å²) in [4.78, 5) is 9.66. The summed E-state index contributed by atoms with van der Waals surface area (Å²) < 4.78 is 6.38. The quantitative estimate of drug-likeness (QED) is 0.668. The molecule has 0 spiro atoms. The average molecular weight is 318 g/mol. The van der Waals surface area contributed by atoms with Gasteiger partial charge in [0.25, 0.3) is 0 Å². The van der Waals surface area contributed by atoms with Gasteiger partial charge in [-0.1, -0.05) is 0 Å². The highest BCUT2D eigenvalue weighted by Gasteiger charge is 2.18. The van der Waals surface area contributed by atoms with E-state index < -0.39 is 0 Å². The normalized spacial score (nSPS) is 12.0. The molecule has 0 unspecified atom stereocenters. The van der Waals surface area contributed by atoms with Gasteiger partial charge in [-0.25, -0.2) is 4.98 Å². The second-order valence-corrected chi connectivity index (χ2v) is 6.60. The maximum absolute atomic E-state index is 5.82. The minimum absolute atomic E-state index is 0.249. The number of nitrogens with one attached hydrogen (secondary N) is 2. The van der Waals surface area contributed by atoms with Crippen molar-refractivity contribution in [2.75, 3.05) is 24.7 Å². The third-order valence-corrected chi connectivity index (χ3v) is 4.55. The number of aromatic nitrogens is 4. The molecule has 0 saturated heterocycles. The van der Waals surface area contributed by atoms with E-state index in [2.05, 4.69) is 25.5 Å². The van der Waals surface area contributed by atoms with Crippen molar-refractivity contribution < 1.29 is 4.74 Å². The molecule has 3 heterocycles. The van der Waals surface area contributed by atoms with E-state index in [1.165, 1.54) is 0 Å². The molecule has 3 rings (SSSR count). The number of ether oxygens (including phenoxy) is 1. The summed E-state index contributed by atoms with van der Waals surface area (Å²) in [5.74, 6) is 0.975. The number of rotatable bonds is 5. The van der Waals surface area contributed by atoms with Gasteiger partial charge in [0.1, 0.15) is 5.82 Å². The number of aromatic amines is 1. The fourth-order valence-corrected chi connectivity index (χ4v) is 3.00. The first kappa shape index (κ1) is 14.7. The monoisotopic (exact) mass is 318 g/mol. The van der Waals surface area contributed by atoms with Crippen LogP contribution in [0.25, 0.3) is 20.8 Å². The Morgan fingerprint density at radius 1 is 1.41 bits per heavy atom. The largest absolute Gasteiger partial charge is 0.377 e. The maximum Gasteiger partial charge on any atom is 0.222 e. The molecule has 0 fully saturated rings. The lowest BCUT2D eigenvalue weighted by Crippen LogP contribution is -2.32. The Hall–Kier alpha value is -2.19. The van der Waals surface area contributed by atoms with Crippen molar-refractivity contribution in [1.82, 2.24) is 20.2 Å². The molecule has 3 aromatic heterocycles. The molecule has 0 saturated carbocycles. The number of fused-ring (bicyclic) bond motifs is 1. The third-order valence-electron chi connectivity index (χ3n) is 3.39. The number of H-pyrrole nitrogens is 1. The topological polar surface area (TPSA) is 102 Å². The number of methoxy groups -OCH3 is 1. The average Bonchev–Trinajstić information content (AvgIpc) is 3.13. The van der Waals surface area contributed by atoms with Crippen molar-refractivity contribution in [3.05, 3.63) is 18.3 Å². The van der Waals surface area contributed by atoms with Gasteiger partial charge in [0.15, 0.2) is 0 Å². The molecule has 0 atom stereocenters. The predicted molar refractivity (Wildman–Crippen MR) is 89.0 cm³/mol. The van der Waals surface area contributed by atoms with Crippen LogP contribution in [0.1, 0.15) is 13.8 Å². The maximum atomic E-state index is 5.82. The van der Waals surface area contributed by atoms with Gasteiger partial charge in [-0.3, -0.25) is 5.10 Å². The van der Waals surface area contributed by atoms with Crippen LogP contribution in [0.3, 0.4) is 0 Å². The van der Waals surface area contributed by atoms with Crippen LogP contribution in [0.5, 0.6) is 0 Å². The van der Waals surface area contributed by atoms with E-state index in [0.29, 0.717) is 6.54 Å². The van der Waals surface area contributed by atoms with Crippen LogP contribution in [0, 0.1) is 0 Å². The Morgan fingerprint density at radius 3 is 2.91 bits per heavy atom. The van der Waals surface area contributed by atoms with Gasteiger partial charge in [-0.05, 0) is 26.0 Å². The van der Waals surface area contributed by atoms with Crippen LogP contribution in [-0.4, -0.2) is 39.4 Å². The zero-order chi connectivity index (χ0) is 15.7. The lowest BCUT2D eigenvalue weighted by atomic mass is 10.1. The molecule has 22 heavy (non-hydrogen) atoms. The van der Waals surface area contributed by atoms with Crippen LogP contribution < -0.4 is 11.1 Å². The first-order valence-electron chi connectivity index (χ1n) is 6.84. The Bertz CT molecular complexity index is 780. The van der Waals surface area contributed by atoms with Gasteiger partial charge in [0.05, 0.1) is 26.4 Å². The summed E-state index contributed by atoms with van der Waals surface area (Å²) >= 11 is 1.59. The molecule has 0 aliphatic heterocycles. The molecule has 4 N–H and O–H groups in total. The van der Waals surface area contributed by atoms with Crippen LogP contribution in [0.15, 0.2) is 18.3 Å². The summed E-state index contributed by atoms with van der Waals surface area (Å²) in [6.45, 7) is 4.63. The number of hydrogen-bond donors (Lipinski definition) is 3. The van der Waals surface area contributed by atoms with Crippen molar-refractivity contribution in [1.29, 1.82) is 0 Å². The third kappa shape index (κ3) is 2.88. The SMILES string of the molecule is COC(C)(C)CNc1nc(N)nc2cc(-c3ccn[nH]3)sc12. The van der Waals surface area contributed by atoms with E-state index >= 15 is 0 Å². The fraction of sp³-hybridized carbons (Fsp3) is 0.357. The molecule has 0 bridgehead atoms. The zero-order valence-corrected chi connectivity index (χ0v) is 13.5. The van der Waals surface area contributed by atoms with Crippen molar-refractivity contribution >= 4 is 33.3 Å². The molecule has 0 aliphatic rings. The van der Waals surface area contributed by atoms with E-state index in [4.69, 9.17) is 10.5 Å². The molecule has 116 valence electrons. The number of anilines is 2. The highest BCUT2D eigenvalue weighted by atomic mass is 32.1. The van der Waals surface area contributed by atoms with Gasteiger partial charge in [-0.15, -0.1) is 11.3 Å². The number of nitrogens with two attached hydrogens (primary N) is 1. The molecule has 0 amide bonds. The summed E-state index contributed by atoms with van der Waals surface area (Å²) in [5.41, 5.74) is 7.29. The van der Waals surface area contributed by atoms with E-state index in [1.807, 2.05) is 26.0 Å². The lowest BCUT2D eigenvalue weighted by molar-refractivity contribution is 0.0343. The summed E-state index contributed by atoms with van der Waals surface area (Å²) in [6.07, 6.45) is 1.72. The van der Waals surface area contributed by atoms with Gasteiger partial charge < -0.3 is 15.8 Å². The molecule has 7 nitrogen and oxygen atoms in total. The van der Waals surface area contributed by atoms with Gasteiger partial charge >= 0.3 is 0 Å². The number of hydrogen-bond acceptors (Lipinski definition) is 7. The summed E-state index contributed by atoms with van der Waals surface area (Å²) in [7, 11) is 1.69. The Morgan fingerprint density at radius 2 is 2.23 bits per heavy atom. The Balaban J connectivity index is 1.99. The highest BCUT2D eigenvalue weighted by Crippen LogP contribution is 2.35. The van der Waals surface area contributed by atoms with Gasteiger partial charge in [0, 0.05) is 19.9 Å². The van der Waals surface area contributed by atoms with E-state index in [0.717, 1.165) is 26.6 Å². The van der Waals surface area contributed by atoms with Crippen LogP contribution in [-0.2, 0) is 4.74 Å². The second-order valence-electron chi connectivity index (χ2n) is 5.54. The van der Waals surface area contributed by atoms with Crippen molar-refractivity contribution in [3.63, 3.8) is 0 Å². The van der Waals surface area contributed by atoms with Gasteiger partial charge in [-0.2, -0.15) is 10.1 Å². The number of thiophene rings is 1. The van der Waals surface area contributed by atoms with E-state index in [1.54, 1.807) is 24.6 Å². The first-order chi connectivity index (χ1) is 10.5. The lowest BCUT2D eigenvalue weighted by Gasteiger charge is -2.23. The van der Waals surface area contributed by atoms with Crippen molar-refractivity contribution in [2.24, 2.45) is 0 Å². The molecular weight excluding hydrogens is 300 g/mol. The van der Waals surface area contributed by atoms with E-state index in [-0.39, 0.29) is 11.5 Å². The van der Waals surface area contributed by atoms with Crippen LogP contribution >= 0.6 is 11.3 Å². The smallest absolute Gasteiger partial charge is 0.222 e. The number of nitrogen functional groups attached to an aromatic ring is 1. The summed E-state index contributed by atoms with van der Waals surface area (Å²) in [5, 5.41) is 10.2. The second kappa shape index (κ2) is 5.54. The van der Waals surface area contributed by atoms with Crippen LogP contribution in [0.4, 0.5) is 11.8 Å². The van der Waals surface area contributed by atoms with Crippen molar-refractivity contribution in [3.8, 4) is 10.6 Å². The summed E-state index contributed by atoms with van der Waals surface area (Å²) in [6, 6.07) is 3.90. The Kier molecular flexibility index (Phi) is 3.71. The van der Waals surface area contributed by atoms with E-state index in [9.17, 15) is 0 Å². The minimum Gasteiger partial charge on any atom is -0.377 e.